The molecular formula is C18H22N6O. The first-order valence-corrected chi connectivity index (χ1v) is 8.63. The lowest BCUT2D eigenvalue weighted by atomic mass is 9.97. The molecule has 2 aromatic heterocycles. The molecule has 1 N–H and O–H groups in total. The third kappa shape index (κ3) is 3.15. The fourth-order valence-corrected chi connectivity index (χ4v) is 3.57. The van der Waals surface area contributed by atoms with Crippen LogP contribution in [0.15, 0.2) is 47.5 Å². The Morgan fingerprint density at radius 2 is 2.12 bits per heavy atom. The summed E-state index contributed by atoms with van der Waals surface area (Å²) in [6, 6.07) is 9.70. The van der Waals surface area contributed by atoms with Crippen molar-refractivity contribution in [1.82, 2.24) is 29.2 Å². The summed E-state index contributed by atoms with van der Waals surface area (Å²) in [5, 5.41) is 6.97. The van der Waals surface area contributed by atoms with Gasteiger partial charge in [-0.1, -0.05) is 18.2 Å². The second-order valence-electron chi connectivity index (χ2n) is 6.59. The van der Waals surface area contributed by atoms with Crippen molar-refractivity contribution in [2.75, 3.05) is 13.1 Å². The van der Waals surface area contributed by atoms with Gasteiger partial charge in [-0.2, -0.15) is 5.10 Å². The van der Waals surface area contributed by atoms with Crippen molar-refractivity contribution >= 4 is 0 Å². The first-order chi connectivity index (χ1) is 12.2. The smallest absolute Gasteiger partial charge is 0.337 e. The third-order valence-electron chi connectivity index (χ3n) is 4.87. The zero-order valence-corrected chi connectivity index (χ0v) is 14.3. The van der Waals surface area contributed by atoms with Gasteiger partial charge < -0.3 is 4.57 Å². The van der Waals surface area contributed by atoms with Crippen molar-refractivity contribution < 1.29 is 0 Å². The van der Waals surface area contributed by atoms with E-state index in [0.717, 1.165) is 49.8 Å². The molecule has 1 saturated heterocycles. The van der Waals surface area contributed by atoms with Gasteiger partial charge in [-0.3, -0.25) is 4.90 Å². The fourth-order valence-electron chi connectivity index (χ4n) is 3.57. The molecule has 1 aliphatic heterocycles. The molecule has 25 heavy (non-hydrogen) atoms. The lowest BCUT2D eigenvalue weighted by molar-refractivity contribution is 0.190. The van der Waals surface area contributed by atoms with Gasteiger partial charge >= 0.3 is 5.69 Å². The number of hydrogen-bond donors (Lipinski definition) is 1. The van der Waals surface area contributed by atoms with E-state index >= 15 is 0 Å². The lowest BCUT2D eigenvalue weighted by Crippen LogP contribution is -2.36. The highest BCUT2D eigenvalue weighted by Crippen LogP contribution is 2.27. The minimum Gasteiger partial charge on any atom is -0.337 e. The monoisotopic (exact) mass is 338 g/mol. The number of hydrogen-bond acceptors (Lipinski definition) is 4. The number of aromatic nitrogens is 5. The van der Waals surface area contributed by atoms with Crippen molar-refractivity contribution in [2.45, 2.75) is 25.3 Å². The minimum absolute atomic E-state index is 0.178. The van der Waals surface area contributed by atoms with Crippen LogP contribution < -0.4 is 5.69 Å². The summed E-state index contributed by atoms with van der Waals surface area (Å²) in [5.41, 5.74) is 0.680. The van der Waals surface area contributed by atoms with Gasteiger partial charge in [0.25, 0.3) is 0 Å². The zero-order valence-electron chi connectivity index (χ0n) is 14.3. The molecule has 3 aromatic rings. The number of piperidine rings is 1. The van der Waals surface area contributed by atoms with E-state index in [9.17, 15) is 4.79 Å². The molecule has 0 amide bonds. The molecule has 7 nitrogen and oxygen atoms in total. The van der Waals surface area contributed by atoms with Gasteiger partial charge in [-0.05, 0) is 31.5 Å². The summed E-state index contributed by atoms with van der Waals surface area (Å²) in [4.78, 5) is 19.1. The predicted octanol–water partition coefficient (Wildman–Crippen LogP) is 1.67. The van der Waals surface area contributed by atoms with E-state index in [2.05, 4.69) is 24.6 Å². The van der Waals surface area contributed by atoms with Crippen molar-refractivity contribution in [2.24, 2.45) is 7.05 Å². The van der Waals surface area contributed by atoms with E-state index in [4.69, 9.17) is 0 Å². The van der Waals surface area contributed by atoms with Crippen LogP contribution >= 0.6 is 0 Å². The van der Waals surface area contributed by atoms with Gasteiger partial charge in [0.05, 0.1) is 12.2 Å². The number of likely N-dealkylation sites (tertiary alicyclic amines) is 1. The van der Waals surface area contributed by atoms with Crippen LogP contribution in [0.25, 0.3) is 5.69 Å². The van der Waals surface area contributed by atoms with Crippen LogP contribution in [0, 0.1) is 0 Å². The maximum atomic E-state index is 12.3. The van der Waals surface area contributed by atoms with E-state index in [1.54, 1.807) is 4.57 Å². The third-order valence-corrected chi connectivity index (χ3v) is 4.87. The summed E-state index contributed by atoms with van der Waals surface area (Å²) >= 11 is 0. The fraction of sp³-hybridized carbons (Fsp3) is 0.389. The second kappa shape index (κ2) is 6.68. The topological polar surface area (TPSA) is 71.7 Å². The Bertz CT molecular complexity index is 894. The van der Waals surface area contributed by atoms with Gasteiger partial charge in [0.2, 0.25) is 0 Å². The first-order valence-electron chi connectivity index (χ1n) is 8.63. The Balaban J connectivity index is 1.58. The molecular weight excluding hydrogens is 316 g/mol. The van der Waals surface area contributed by atoms with Crippen molar-refractivity contribution in [3.63, 3.8) is 0 Å². The van der Waals surface area contributed by atoms with Gasteiger partial charge in [0.15, 0.2) is 0 Å². The Labute approximate surface area is 145 Å². The van der Waals surface area contributed by atoms with Crippen molar-refractivity contribution in [3.8, 4) is 5.69 Å². The maximum Gasteiger partial charge on any atom is 0.347 e. The second-order valence-corrected chi connectivity index (χ2v) is 6.59. The van der Waals surface area contributed by atoms with Gasteiger partial charge in [-0.25, -0.2) is 19.4 Å². The van der Waals surface area contributed by atoms with Crippen molar-refractivity contribution in [1.29, 1.82) is 0 Å². The Kier molecular flexibility index (Phi) is 4.23. The summed E-state index contributed by atoms with van der Waals surface area (Å²) in [6.45, 7) is 2.74. The summed E-state index contributed by atoms with van der Waals surface area (Å²) in [5.74, 6) is 2.11. The number of H-pyrrole nitrogens is 1. The molecule has 0 aliphatic carbocycles. The van der Waals surface area contributed by atoms with Crippen LogP contribution in [0.5, 0.6) is 0 Å². The van der Waals surface area contributed by atoms with Crippen LogP contribution in [0.4, 0.5) is 0 Å². The number of imidazole rings is 1. The summed E-state index contributed by atoms with van der Waals surface area (Å²) < 4.78 is 3.76. The average Bonchev–Trinajstić information content (AvgIpc) is 3.22. The highest BCUT2D eigenvalue weighted by atomic mass is 16.1. The van der Waals surface area contributed by atoms with Crippen LogP contribution in [0.2, 0.25) is 0 Å². The van der Waals surface area contributed by atoms with E-state index in [-0.39, 0.29) is 11.6 Å². The normalized spacial score (nSPS) is 18.5. The first kappa shape index (κ1) is 15.8. The summed E-state index contributed by atoms with van der Waals surface area (Å²) in [7, 11) is 2.02. The molecule has 0 radical (unpaired) electrons. The molecule has 0 bridgehead atoms. The lowest BCUT2D eigenvalue weighted by Gasteiger charge is -2.31. The van der Waals surface area contributed by atoms with E-state index in [1.807, 2.05) is 49.8 Å². The average molecular weight is 338 g/mol. The van der Waals surface area contributed by atoms with Crippen LogP contribution in [0.3, 0.4) is 0 Å². The number of benzene rings is 1. The number of rotatable bonds is 4. The van der Waals surface area contributed by atoms with Gasteiger partial charge in [0, 0.05) is 31.9 Å². The SMILES string of the molecule is Cn1ccnc1CN1CCC[C@@H](c2n[nH]c(=O)n2-c2ccccc2)C1. The number of aromatic amines is 1. The van der Waals surface area contributed by atoms with Crippen LogP contribution in [-0.4, -0.2) is 42.3 Å². The van der Waals surface area contributed by atoms with Crippen LogP contribution in [-0.2, 0) is 13.6 Å². The van der Waals surface area contributed by atoms with E-state index in [1.165, 1.54) is 0 Å². The number of nitrogens with zero attached hydrogens (tertiary/aromatic N) is 5. The highest BCUT2D eigenvalue weighted by Gasteiger charge is 2.27. The van der Waals surface area contributed by atoms with Crippen molar-refractivity contribution in [3.05, 3.63) is 64.9 Å². The quantitative estimate of drug-likeness (QED) is 0.785. The molecule has 1 aromatic carbocycles. The van der Waals surface area contributed by atoms with Crippen LogP contribution in [0.1, 0.15) is 30.4 Å². The Hall–Kier alpha value is -2.67. The standard InChI is InChI=1S/C18H22N6O/c1-22-11-9-19-16(22)13-23-10-5-6-14(12-23)17-20-21-18(25)24(17)15-7-3-2-4-8-15/h2-4,7-9,11,14H,5-6,10,12-13H2,1H3,(H,21,25)/t14-/m1/s1. The summed E-state index contributed by atoms with van der Waals surface area (Å²) in [6.07, 6.45) is 5.92. The molecule has 1 aliphatic rings. The minimum atomic E-state index is -0.178. The Morgan fingerprint density at radius 1 is 1.28 bits per heavy atom. The molecule has 0 spiro atoms. The maximum absolute atomic E-state index is 12.3. The number of nitrogens with one attached hydrogen (secondary N) is 1. The molecule has 1 atom stereocenters. The molecule has 3 heterocycles. The molecule has 1 fully saturated rings. The predicted molar refractivity (Wildman–Crippen MR) is 94.6 cm³/mol. The molecule has 130 valence electrons. The molecule has 0 unspecified atom stereocenters. The molecule has 7 heteroatoms. The number of para-hydroxylation sites is 1. The zero-order chi connectivity index (χ0) is 17.2. The van der Waals surface area contributed by atoms with Gasteiger partial charge in [0.1, 0.15) is 11.6 Å². The van der Waals surface area contributed by atoms with E-state index < -0.39 is 0 Å². The largest absolute Gasteiger partial charge is 0.347 e. The molecule has 0 saturated carbocycles. The molecule has 4 rings (SSSR count). The van der Waals surface area contributed by atoms with Gasteiger partial charge in [-0.15, -0.1) is 0 Å². The number of aryl methyl sites for hydroxylation is 1. The van der Waals surface area contributed by atoms with E-state index in [0.29, 0.717) is 0 Å². The Morgan fingerprint density at radius 3 is 2.88 bits per heavy atom. The highest BCUT2D eigenvalue weighted by molar-refractivity contribution is 5.32.